The topological polar surface area (TPSA) is 95.5 Å². The molecule has 1 aromatic carbocycles. The van der Waals surface area contributed by atoms with Gasteiger partial charge in [-0.2, -0.15) is 0 Å². The normalized spacial score (nSPS) is 11.6. The Morgan fingerprint density at radius 3 is 1.97 bits per heavy atom. The summed E-state index contributed by atoms with van der Waals surface area (Å²) in [5, 5.41) is 10.3. The van der Waals surface area contributed by atoms with E-state index in [4.69, 9.17) is 5.21 Å². The van der Waals surface area contributed by atoms with E-state index in [0.29, 0.717) is 0 Å². The Bertz CT molecular complexity index is 762. The third-order valence-electron chi connectivity index (χ3n) is 4.46. The molecule has 0 radical (unpaired) electrons. The molecule has 0 fully saturated rings. The van der Waals surface area contributed by atoms with E-state index < -0.39 is 17.7 Å². The van der Waals surface area contributed by atoms with Crippen LogP contribution in [0.1, 0.15) is 76.7 Å². The van der Waals surface area contributed by atoms with Crippen molar-refractivity contribution in [2.75, 3.05) is 7.05 Å². The zero-order chi connectivity index (χ0) is 25.1. The van der Waals surface area contributed by atoms with Gasteiger partial charge in [0.2, 0.25) is 5.91 Å². The van der Waals surface area contributed by atoms with E-state index in [2.05, 4.69) is 37.9 Å². The van der Waals surface area contributed by atoms with Crippen molar-refractivity contribution in [1.29, 1.82) is 0 Å². The molecule has 0 bridgehead atoms. The first kappa shape index (κ1) is 31.2. The van der Waals surface area contributed by atoms with Gasteiger partial charge >= 0.3 is 0 Å². The molecule has 0 aliphatic rings. The Balaban J connectivity index is 0. The molecule has 1 rings (SSSR count). The molecule has 32 heavy (non-hydrogen) atoms. The van der Waals surface area contributed by atoms with Crippen molar-refractivity contribution >= 4 is 23.2 Å². The Morgan fingerprint density at radius 2 is 1.56 bits per heavy atom. The van der Waals surface area contributed by atoms with E-state index in [9.17, 15) is 14.4 Å². The molecule has 0 spiro atoms. The van der Waals surface area contributed by atoms with Crippen molar-refractivity contribution in [3.05, 3.63) is 65.8 Å². The second-order valence-corrected chi connectivity index (χ2v) is 6.89. The Morgan fingerprint density at radius 1 is 1.03 bits per heavy atom. The molecule has 6 heteroatoms. The van der Waals surface area contributed by atoms with Crippen LogP contribution >= 0.6 is 0 Å². The maximum Gasteiger partial charge on any atom is 0.255 e. The third kappa shape index (κ3) is 12.6. The molecular weight excluding hydrogens is 404 g/mol. The zero-order valence-electron chi connectivity index (χ0n) is 20.6. The quantitative estimate of drug-likeness (QED) is 0.154. The van der Waals surface area contributed by atoms with E-state index in [0.717, 1.165) is 23.1 Å². The summed E-state index contributed by atoms with van der Waals surface area (Å²) in [6.45, 7) is 15.2. The van der Waals surface area contributed by atoms with Crippen LogP contribution in [-0.4, -0.2) is 29.9 Å². The molecule has 0 aliphatic heterocycles. The first-order valence-electron chi connectivity index (χ1n) is 11.0. The van der Waals surface area contributed by atoms with Crippen LogP contribution in [0, 0.1) is 5.92 Å². The molecular formula is C26H40N2O4. The number of unbranched alkanes of at least 4 members (excludes halogenated alkanes) is 1. The fourth-order valence-electron chi connectivity index (χ4n) is 2.38. The van der Waals surface area contributed by atoms with Crippen molar-refractivity contribution in [3.63, 3.8) is 0 Å². The van der Waals surface area contributed by atoms with Crippen LogP contribution in [0.15, 0.2) is 54.6 Å². The lowest BCUT2D eigenvalue weighted by Crippen LogP contribution is -2.36. The number of Topliss-reactive ketones (excluding diaryl/α,β-unsaturated/α-hetero) is 1. The summed E-state index contributed by atoms with van der Waals surface area (Å²) < 4.78 is 0. The summed E-state index contributed by atoms with van der Waals surface area (Å²) in [6.07, 6.45) is 9.70. The number of hydrogen-bond donors (Lipinski definition) is 3. The van der Waals surface area contributed by atoms with Gasteiger partial charge in [0.25, 0.3) is 5.91 Å². The van der Waals surface area contributed by atoms with E-state index in [1.807, 2.05) is 44.2 Å². The van der Waals surface area contributed by atoms with Gasteiger partial charge in [-0.3, -0.25) is 19.6 Å². The van der Waals surface area contributed by atoms with Crippen LogP contribution in [0.2, 0.25) is 0 Å². The smallest absolute Gasteiger partial charge is 0.255 e. The molecule has 178 valence electrons. The molecule has 0 heterocycles. The highest BCUT2D eigenvalue weighted by atomic mass is 16.5. The number of rotatable bonds is 9. The second-order valence-electron chi connectivity index (χ2n) is 6.89. The Hall–Kier alpha value is -2.99. The minimum atomic E-state index is -0.852. The van der Waals surface area contributed by atoms with Crippen molar-refractivity contribution < 1.29 is 19.6 Å². The van der Waals surface area contributed by atoms with Gasteiger partial charge in [0, 0.05) is 12.6 Å². The van der Waals surface area contributed by atoms with Crippen molar-refractivity contribution in [2.24, 2.45) is 5.92 Å². The second kappa shape index (κ2) is 18.8. The van der Waals surface area contributed by atoms with Crippen LogP contribution in [0.5, 0.6) is 0 Å². The number of hydroxylamine groups is 1. The van der Waals surface area contributed by atoms with Crippen molar-refractivity contribution in [3.8, 4) is 0 Å². The van der Waals surface area contributed by atoms with E-state index >= 15 is 0 Å². The molecule has 1 aromatic rings. The predicted octanol–water partition coefficient (Wildman–Crippen LogP) is 5.50. The van der Waals surface area contributed by atoms with Crippen LogP contribution < -0.4 is 10.8 Å². The van der Waals surface area contributed by atoms with E-state index in [1.54, 1.807) is 6.92 Å². The number of ketones is 1. The standard InChI is InChI=1S/C19H24O.C5H10N2O3.C2H6/c1-5-7-8-15(3)9-10-17(6-2)19-13-11-18(12-14-19)16(4)20;1-3(4(8)6-2)5(9)7-10;1-2/h6,9-14H,2,5,7-8H2,1,3-4H3;3,10H,1-2H3,(H,6,8)(H,7,9);1-2H3/b15-9+,17-10+;;. The number of carbonyl (C=O) groups excluding carboxylic acids is 3. The van der Waals surface area contributed by atoms with Gasteiger partial charge < -0.3 is 5.32 Å². The summed E-state index contributed by atoms with van der Waals surface area (Å²) in [4.78, 5) is 32.4. The average Bonchev–Trinajstić information content (AvgIpc) is 2.83. The lowest BCUT2D eigenvalue weighted by Gasteiger charge is -2.05. The summed E-state index contributed by atoms with van der Waals surface area (Å²) in [5.41, 5.74) is 5.67. The number of amides is 2. The summed E-state index contributed by atoms with van der Waals surface area (Å²) in [5.74, 6) is -1.89. The minimum Gasteiger partial charge on any atom is -0.358 e. The molecule has 2 amide bonds. The molecule has 1 atom stereocenters. The lowest BCUT2D eigenvalue weighted by molar-refractivity contribution is -0.139. The number of allylic oxidation sites excluding steroid dienone is 5. The van der Waals surface area contributed by atoms with Gasteiger partial charge in [-0.05, 0) is 44.7 Å². The van der Waals surface area contributed by atoms with Crippen LogP contribution in [0.3, 0.4) is 0 Å². The van der Waals surface area contributed by atoms with Gasteiger partial charge in [-0.15, -0.1) is 0 Å². The third-order valence-corrected chi connectivity index (χ3v) is 4.46. The highest BCUT2D eigenvalue weighted by Crippen LogP contribution is 2.18. The van der Waals surface area contributed by atoms with E-state index in [1.165, 1.54) is 37.9 Å². The monoisotopic (exact) mass is 444 g/mol. The maximum absolute atomic E-state index is 11.3. The summed E-state index contributed by atoms with van der Waals surface area (Å²) >= 11 is 0. The van der Waals surface area contributed by atoms with Crippen LogP contribution in [0.4, 0.5) is 0 Å². The number of nitrogens with one attached hydrogen (secondary N) is 2. The van der Waals surface area contributed by atoms with Crippen LogP contribution in [0.25, 0.3) is 5.57 Å². The Labute approximate surface area is 193 Å². The van der Waals surface area contributed by atoms with Gasteiger partial charge in [0.15, 0.2) is 5.78 Å². The van der Waals surface area contributed by atoms with Gasteiger partial charge in [-0.25, -0.2) is 5.48 Å². The predicted molar refractivity (Wildman–Crippen MR) is 132 cm³/mol. The first-order valence-corrected chi connectivity index (χ1v) is 11.0. The molecule has 0 aromatic heterocycles. The van der Waals surface area contributed by atoms with Gasteiger partial charge in [-0.1, -0.05) is 81.8 Å². The molecule has 0 aliphatic carbocycles. The van der Waals surface area contributed by atoms with Crippen molar-refractivity contribution in [2.45, 2.75) is 60.8 Å². The molecule has 0 saturated carbocycles. The number of carbonyl (C=O) groups is 3. The minimum absolute atomic E-state index is 0.0935. The van der Waals surface area contributed by atoms with Crippen molar-refractivity contribution in [1.82, 2.24) is 10.8 Å². The summed E-state index contributed by atoms with van der Waals surface area (Å²) in [7, 11) is 1.42. The first-order chi connectivity index (χ1) is 15.2. The number of hydrogen-bond acceptors (Lipinski definition) is 4. The largest absolute Gasteiger partial charge is 0.358 e. The number of benzene rings is 1. The molecule has 3 N–H and O–H groups in total. The van der Waals surface area contributed by atoms with Gasteiger partial charge in [0.1, 0.15) is 5.92 Å². The fourth-order valence-corrected chi connectivity index (χ4v) is 2.38. The summed E-state index contributed by atoms with van der Waals surface area (Å²) in [6, 6.07) is 7.67. The highest BCUT2D eigenvalue weighted by Gasteiger charge is 2.18. The highest BCUT2D eigenvalue weighted by molar-refractivity contribution is 5.99. The molecule has 6 nitrogen and oxygen atoms in total. The SMILES string of the molecule is C=C/C(=C\C=C(/C)CCCC)c1ccc(C(C)=O)cc1.CC.CNC(=O)C(C)C(=O)NO. The average molecular weight is 445 g/mol. The lowest BCUT2D eigenvalue weighted by atomic mass is 10.0. The fraction of sp³-hybridized carbons (Fsp3) is 0.423. The zero-order valence-corrected chi connectivity index (χ0v) is 20.6. The van der Waals surface area contributed by atoms with Crippen LogP contribution in [-0.2, 0) is 9.59 Å². The van der Waals surface area contributed by atoms with Gasteiger partial charge in [0.05, 0.1) is 0 Å². The molecule has 1 unspecified atom stereocenters. The molecule has 0 saturated heterocycles. The Kier molecular flexibility index (Phi) is 18.3. The van der Waals surface area contributed by atoms with E-state index in [-0.39, 0.29) is 5.78 Å². The maximum atomic E-state index is 11.3.